The molecule has 1 aliphatic carbocycles. The fraction of sp³-hybridized carbons (Fsp3) is 0.844. The number of aliphatic imine (C=N–C) groups is 2. The van der Waals surface area contributed by atoms with Gasteiger partial charge in [-0.25, -0.2) is 0 Å². The summed E-state index contributed by atoms with van der Waals surface area (Å²) in [7, 11) is 0. The molecule has 2 aromatic carbocycles. The molecule has 2 N–H and O–H groups in total. The number of hydrogen-bond donors (Lipinski definition) is 2. The van der Waals surface area contributed by atoms with Gasteiger partial charge in [0.25, 0.3) is 0 Å². The van der Waals surface area contributed by atoms with E-state index in [4.69, 9.17) is 9.98 Å². The Morgan fingerprint density at radius 2 is 0.520 bits per heavy atom. The van der Waals surface area contributed by atoms with E-state index in [-0.39, 0.29) is 22.9 Å². The summed E-state index contributed by atoms with van der Waals surface area (Å²) < 4.78 is 5.16. The number of nitrogens with zero attached hydrogens (tertiary/aromatic N) is 6. The quantitative estimate of drug-likeness (QED) is 0.0512. The molecule has 568 valence electrons. The Labute approximate surface area is 611 Å². The second-order valence-electron chi connectivity index (χ2n) is 34.6. The second kappa shape index (κ2) is 49.0. The van der Waals surface area contributed by atoms with Crippen molar-refractivity contribution in [2.24, 2.45) is 9.98 Å². The molecule has 0 bridgehead atoms. The van der Waals surface area contributed by atoms with Crippen LogP contribution in [0, 0.1) is 0 Å². The van der Waals surface area contributed by atoms with Gasteiger partial charge in [0.05, 0.1) is 117 Å². The molecule has 0 radical (unpaired) electrons. The molecule has 2 unspecified atom stereocenters. The van der Waals surface area contributed by atoms with E-state index in [9.17, 15) is 10.2 Å². The van der Waals surface area contributed by atoms with Crippen molar-refractivity contribution < 1.29 is 28.1 Å². The first-order valence-corrected chi connectivity index (χ1v) is 43.3. The van der Waals surface area contributed by atoms with Gasteiger partial charge in [-0.15, -0.1) is 0 Å². The smallest absolute Gasteiger partial charge is 0.128 e. The molecule has 0 heterocycles. The topological polar surface area (TPSA) is 65.2 Å². The predicted octanol–water partition coefficient (Wildman–Crippen LogP) is 24.7. The van der Waals surface area contributed by atoms with Crippen molar-refractivity contribution in [2.75, 3.05) is 105 Å². The molecule has 98 heavy (non-hydrogen) atoms. The van der Waals surface area contributed by atoms with Crippen LogP contribution < -0.4 is 0 Å². The highest BCUT2D eigenvalue weighted by atomic mass is 16.3. The maximum absolute atomic E-state index is 12.6. The molecule has 1 saturated carbocycles. The molecule has 8 heteroatoms. The van der Waals surface area contributed by atoms with Gasteiger partial charge in [0.15, 0.2) is 0 Å². The predicted molar refractivity (Wildman–Crippen MR) is 435 cm³/mol. The van der Waals surface area contributed by atoms with Crippen LogP contribution in [0.4, 0.5) is 0 Å². The molecule has 0 aromatic heterocycles. The SMILES string of the molecule is CCCC[N+](CCCC)(CCCC)CCCC(CCC[N+](CCCC)(CCCC)CCCC)c1cc(C=NC2CCCCC2N=Cc2cc(C(CCC[N+](CCCC)(CCCC)CCCC)CCC[N+](CCCC)(CCCC)CCCC)cc(C(C)(C)C)c2O)c(O)c(C(C)(C)C)c1. The summed E-state index contributed by atoms with van der Waals surface area (Å²) in [5, 5.41) is 25.1. The Kier molecular flexibility index (Phi) is 44.7. The third kappa shape index (κ3) is 31.7. The first-order chi connectivity index (χ1) is 47.1. The Hall–Kier alpha value is -2.78. The molecule has 2 aromatic rings. The van der Waals surface area contributed by atoms with E-state index < -0.39 is 0 Å². The van der Waals surface area contributed by atoms with Gasteiger partial charge in [-0.1, -0.05) is 227 Å². The van der Waals surface area contributed by atoms with Crippen LogP contribution in [-0.4, -0.2) is 157 Å². The van der Waals surface area contributed by atoms with Gasteiger partial charge < -0.3 is 28.1 Å². The summed E-state index contributed by atoms with van der Waals surface area (Å²) in [6.45, 7) is 63.2. The van der Waals surface area contributed by atoms with E-state index in [1.165, 1.54) is 339 Å². The van der Waals surface area contributed by atoms with E-state index in [0.717, 1.165) is 47.9 Å². The molecule has 1 fully saturated rings. The molecule has 0 aliphatic heterocycles. The van der Waals surface area contributed by atoms with E-state index in [1.807, 2.05) is 0 Å². The largest absolute Gasteiger partial charge is 0.507 e. The Morgan fingerprint density at radius 3 is 0.704 bits per heavy atom. The van der Waals surface area contributed by atoms with Crippen LogP contribution in [0.5, 0.6) is 11.5 Å². The maximum Gasteiger partial charge on any atom is 0.128 e. The Balaban J connectivity index is 2.26. The zero-order valence-electron chi connectivity index (χ0n) is 69.1. The molecular weight excluding hydrogens is 1200 g/mol. The van der Waals surface area contributed by atoms with Crippen LogP contribution in [0.25, 0.3) is 0 Å². The molecule has 2 atom stereocenters. The van der Waals surface area contributed by atoms with Gasteiger partial charge in [-0.2, -0.15) is 0 Å². The lowest BCUT2D eigenvalue weighted by atomic mass is 9.80. The summed E-state index contributed by atoms with van der Waals surface area (Å²) in [5.74, 6) is 1.62. The number of benzene rings is 2. The van der Waals surface area contributed by atoms with Gasteiger partial charge in [-0.05, 0) is 187 Å². The average Bonchev–Trinajstić information content (AvgIpc) is 0.796. The van der Waals surface area contributed by atoms with Gasteiger partial charge in [0, 0.05) is 34.7 Å². The molecule has 1 aliphatic rings. The van der Waals surface area contributed by atoms with Crippen molar-refractivity contribution in [3.63, 3.8) is 0 Å². The first-order valence-electron chi connectivity index (χ1n) is 43.3. The summed E-state index contributed by atoms with van der Waals surface area (Å²) in [6.07, 6.45) is 49.1. The molecular formula is C90H170N6O2+4. The summed E-state index contributed by atoms with van der Waals surface area (Å²) >= 11 is 0. The van der Waals surface area contributed by atoms with Crippen LogP contribution in [0.15, 0.2) is 34.3 Å². The molecule has 0 saturated heterocycles. The Morgan fingerprint density at radius 1 is 0.327 bits per heavy atom. The van der Waals surface area contributed by atoms with Crippen LogP contribution in [-0.2, 0) is 10.8 Å². The third-order valence-corrected chi connectivity index (χ3v) is 24.0. The molecule has 8 nitrogen and oxygen atoms in total. The summed E-state index contributed by atoms with van der Waals surface area (Å²) in [5.41, 5.74) is 6.18. The maximum atomic E-state index is 12.6. The standard InChI is InChI=1S/C90H168N6O2/c1-19-31-55-93(56-32-20-2,57-33-21-3)67-45-49-77(50-46-68-94(58-34-22-4,59-35-23-5)60-36-24-6)79-71-81(87(97)83(73-79)89(13,14)15)75-91-85-53-43-44-54-86(85)92-76-82-72-80(74-84(88(82)98)90(16,17)18)78(51-47-69-95(61-37-25-7,62-38-26-8)63-39-27-9)52-48-70-96(64-40-28-10,65-41-29-11)66-42-30-12/h71-78,85-86H,19-70H2,1-18H3/q+2/p+2. The van der Waals surface area contributed by atoms with E-state index >= 15 is 0 Å². The van der Waals surface area contributed by atoms with Crippen LogP contribution in [0.3, 0.4) is 0 Å². The number of rotatable bonds is 58. The minimum Gasteiger partial charge on any atom is -0.507 e. The van der Waals surface area contributed by atoms with E-state index in [1.54, 1.807) is 0 Å². The second-order valence-corrected chi connectivity index (χ2v) is 34.6. The minimum atomic E-state index is -0.241. The van der Waals surface area contributed by atoms with Crippen molar-refractivity contribution in [3.8, 4) is 11.5 Å². The fourth-order valence-electron chi connectivity index (χ4n) is 17.2. The average molecular weight is 1370 g/mol. The zero-order valence-corrected chi connectivity index (χ0v) is 69.1. The normalized spacial score (nSPS) is 15.6. The Bertz CT molecular complexity index is 2080. The van der Waals surface area contributed by atoms with E-state index in [0.29, 0.717) is 23.3 Å². The highest BCUT2D eigenvalue weighted by Gasteiger charge is 2.34. The molecule has 0 amide bonds. The fourth-order valence-corrected chi connectivity index (χ4v) is 17.2. The van der Waals surface area contributed by atoms with Crippen LogP contribution >= 0.6 is 0 Å². The lowest BCUT2D eigenvalue weighted by molar-refractivity contribution is -0.929. The number of phenolic OH excluding ortho intramolecular Hbond substituents is 2. The van der Waals surface area contributed by atoms with Gasteiger partial charge in [0.2, 0.25) is 0 Å². The lowest BCUT2D eigenvalue weighted by Crippen LogP contribution is -2.51. The molecule has 0 spiro atoms. The van der Waals surface area contributed by atoms with Gasteiger partial charge >= 0.3 is 0 Å². The number of hydrogen-bond acceptors (Lipinski definition) is 4. The number of unbranched alkanes of at least 4 members (excludes halogenated alkanes) is 12. The minimum absolute atomic E-state index is 0.00404. The third-order valence-electron chi connectivity index (χ3n) is 24.0. The van der Waals surface area contributed by atoms with Crippen LogP contribution in [0.1, 0.15) is 401 Å². The highest BCUT2D eigenvalue weighted by Crippen LogP contribution is 2.41. The first kappa shape index (κ1) is 89.4. The lowest BCUT2D eigenvalue weighted by Gasteiger charge is -2.40. The monoisotopic (exact) mass is 1370 g/mol. The van der Waals surface area contributed by atoms with Crippen molar-refractivity contribution in [1.29, 1.82) is 0 Å². The molecule has 3 rings (SSSR count). The van der Waals surface area contributed by atoms with Crippen LogP contribution in [0.2, 0.25) is 0 Å². The number of aromatic hydroxyl groups is 2. The van der Waals surface area contributed by atoms with Gasteiger partial charge in [-0.3, -0.25) is 9.98 Å². The van der Waals surface area contributed by atoms with E-state index in [2.05, 4.69) is 161 Å². The van der Waals surface area contributed by atoms with Crippen molar-refractivity contribution in [2.45, 2.75) is 391 Å². The van der Waals surface area contributed by atoms with Crippen molar-refractivity contribution in [3.05, 3.63) is 57.6 Å². The highest BCUT2D eigenvalue weighted by molar-refractivity contribution is 5.86. The van der Waals surface area contributed by atoms with Gasteiger partial charge in [0.1, 0.15) is 11.5 Å². The van der Waals surface area contributed by atoms with Crippen molar-refractivity contribution >= 4 is 12.4 Å². The zero-order chi connectivity index (χ0) is 72.4. The number of phenols is 2. The summed E-state index contributed by atoms with van der Waals surface area (Å²) in [6, 6.07) is 9.63. The van der Waals surface area contributed by atoms with Crippen molar-refractivity contribution in [1.82, 2.24) is 0 Å². The summed E-state index contributed by atoms with van der Waals surface area (Å²) in [4.78, 5) is 11.1. The number of quaternary nitrogens is 4.